The summed E-state index contributed by atoms with van der Waals surface area (Å²) < 4.78 is 11.5. The number of nitrogens with zero attached hydrogens (tertiary/aromatic N) is 2. The number of rotatable bonds is 7. The minimum Gasteiger partial charge on any atom is -0.493 e. The van der Waals surface area contributed by atoms with E-state index < -0.39 is 6.04 Å². The van der Waals surface area contributed by atoms with Gasteiger partial charge in [0.2, 0.25) is 5.91 Å². The maximum atomic E-state index is 14.1. The molecule has 1 saturated heterocycles. The average molecular weight is 471 g/mol. The fraction of sp³-hybridized carbons (Fsp3) is 0.714. The van der Waals surface area contributed by atoms with Crippen LogP contribution in [0.4, 0.5) is 0 Å². The number of hydrogen-bond acceptors (Lipinski definition) is 4. The van der Waals surface area contributed by atoms with Crippen LogP contribution < -0.4 is 9.47 Å². The Morgan fingerprint density at radius 2 is 1.47 bits per heavy atom. The summed E-state index contributed by atoms with van der Waals surface area (Å²) in [4.78, 5) is 31.7. The first-order valence-electron chi connectivity index (χ1n) is 13.6. The van der Waals surface area contributed by atoms with E-state index in [1.165, 1.54) is 25.7 Å². The lowest BCUT2D eigenvalue weighted by atomic mass is 9.89. The zero-order chi connectivity index (χ0) is 23.9. The topological polar surface area (TPSA) is 59.1 Å². The van der Waals surface area contributed by atoms with Crippen LogP contribution in [0, 0.1) is 0 Å². The molecule has 3 aliphatic rings. The van der Waals surface area contributed by atoms with Gasteiger partial charge in [0.25, 0.3) is 5.91 Å². The minimum absolute atomic E-state index is 0.0813. The molecule has 1 heterocycles. The Balaban J connectivity index is 1.69. The lowest BCUT2D eigenvalue weighted by molar-refractivity contribution is -0.162. The first-order valence-corrected chi connectivity index (χ1v) is 13.6. The molecule has 0 unspecified atom stereocenters. The van der Waals surface area contributed by atoms with Crippen molar-refractivity contribution in [1.82, 2.24) is 9.80 Å². The smallest absolute Gasteiger partial charge is 0.250 e. The predicted octanol–water partition coefficient (Wildman–Crippen LogP) is 5.64. The van der Waals surface area contributed by atoms with Gasteiger partial charge in [-0.3, -0.25) is 9.59 Å². The van der Waals surface area contributed by atoms with Gasteiger partial charge in [0.05, 0.1) is 13.7 Å². The van der Waals surface area contributed by atoms with Crippen LogP contribution in [0.3, 0.4) is 0 Å². The third-order valence-electron chi connectivity index (χ3n) is 7.84. The number of amides is 2. The van der Waals surface area contributed by atoms with E-state index >= 15 is 0 Å². The van der Waals surface area contributed by atoms with E-state index in [2.05, 4.69) is 6.92 Å². The van der Waals surface area contributed by atoms with Gasteiger partial charge in [0, 0.05) is 12.1 Å². The van der Waals surface area contributed by atoms with E-state index in [0.717, 1.165) is 63.4 Å². The lowest BCUT2D eigenvalue weighted by Crippen LogP contribution is -2.60. The van der Waals surface area contributed by atoms with Crippen LogP contribution in [0.5, 0.6) is 11.5 Å². The summed E-state index contributed by atoms with van der Waals surface area (Å²) in [5.74, 6) is 1.49. The molecule has 34 heavy (non-hydrogen) atoms. The molecule has 2 saturated carbocycles. The lowest BCUT2D eigenvalue weighted by Gasteiger charge is -2.47. The van der Waals surface area contributed by atoms with E-state index in [0.29, 0.717) is 18.1 Å². The average Bonchev–Trinajstić information content (AvgIpc) is 2.84. The second-order valence-corrected chi connectivity index (χ2v) is 10.2. The summed E-state index contributed by atoms with van der Waals surface area (Å²) in [7, 11) is 1.63. The molecule has 6 heteroatoms. The third kappa shape index (κ3) is 5.52. The molecule has 0 bridgehead atoms. The molecular weight excluding hydrogens is 428 g/mol. The Hall–Kier alpha value is -2.24. The molecule has 1 aromatic rings. The summed E-state index contributed by atoms with van der Waals surface area (Å²) >= 11 is 0. The maximum absolute atomic E-state index is 14.1. The summed E-state index contributed by atoms with van der Waals surface area (Å²) in [6.45, 7) is 2.91. The van der Waals surface area contributed by atoms with E-state index in [-0.39, 0.29) is 30.4 Å². The third-order valence-corrected chi connectivity index (χ3v) is 7.84. The zero-order valence-corrected chi connectivity index (χ0v) is 21.1. The monoisotopic (exact) mass is 470 g/mol. The van der Waals surface area contributed by atoms with Crippen LogP contribution in [-0.4, -0.2) is 54.0 Å². The Labute approximate surface area is 205 Å². The molecule has 2 aliphatic carbocycles. The number of carbonyl (C=O) groups is 2. The Morgan fingerprint density at radius 3 is 2.12 bits per heavy atom. The number of benzene rings is 1. The molecule has 0 spiro atoms. The van der Waals surface area contributed by atoms with Gasteiger partial charge in [-0.15, -0.1) is 0 Å². The second kappa shape index (κ2) is 11.9. The van der Waals surface area contributed by atoms with Crippen molar-refractivity contribution in [1.29, 1.82) is 0 Å². The molecule has 0 aromatic heterocycles. The van der Waals surface area contributed by atoms with Crippen molar-refractivity contribution < 1.29 is 19.1 Å². The first kappa shape index (κ1) is 24.9. The number of piperazine rings is 1. The van der Waals surface area contributed by atoms with Crippen LogP contribution >= 0.6 is 0 Å². The van der Waals surface area contributed by atoms with Crippen molar-refractivity contribution in [3.8, 4) is 11.5 Å². The number of carbonyl (C=O) groups excluding carboxylic acids is 2. The van der Waals surface area contributed by atoms with Gasteiger partial charge in [-0.1, -0.05) is 64.4 Å². The Bertz CT molecular complexity index is 828. The highest BCUT2D eigenvalue weighted by molar-refractivity contribution is 5.96. The Kier molecular flexibility index (Phi) is 8.74. The summed E-state index contributed by atoms with van der Waals surface area (Å²) in [6.07, 6.45) is 14.3. The zero-order valence-electron chi connectivity index (χ0n) is 21.1. The van der Waals surface area contributed by atoms with Crippen LogP contribution in [0.25, 0.3) is 0 Å². The van der Waals surface area contributed by atoms with Gasteiger partial charge in [-0.05, 0) is 49.8 Å². The normalized spacial score (nSPS) is 23.5. The van der Waals surface area contributed by atoms with E-state index in [4.69, 9.17) is 9.47 Å². The van der Waals surface area contributed by atoms with Crippen molar-refractivity contribution in [2.45, 2.75) is 109 Å². The SMILES string of the molecule is CCCOc1ccc([C@@H]2C(=O)N(C3CCCCC3)CC(=O)N2C2CCCCCCC2)cc1OC. The van der Waals surface area contributed by atoms with Crippen LogP contribution in [0.15, 0.2) is 18.2 Å². The number of hydrogen-bond donors (Lipinski definition) is 0. The maximum Gasteiger partial charge on any atom is 0.250 e. The molecule has 1 aliphatic heterocycles. The van der Waals surface area contributed by atoms with Gasteiger partial charge < -0.3 is 19.3 Å². The molecule has 0 N–H and O–H groups in total. The van der Waals surface area contributed by atoms with Crippen molar-refractivity contribution >= 4 is 11.8 Å². The van der Waals surface area contributed by atoms with Crippen LogP contribution in [0.2, 0.25) is 0 Å². The molecule has 3 fully saturated rings. The molecule has 0 radical (unpaired) electrons. The molecular formula is C28H42N2O4. The van der Waals surface area contributed by atoms with E-state index in [1.54, 1.807) is 7.11 Å². The second-order valence-electron chi connectivity index (χ2n) is 10.2. The van der Waals surface area contributed by atoms with Gasteiger partial charge in [-0.25, -0.2) is 0 Å². The number of ether oxygens (including phenoxy) is 2. The van der Waals surface area contributed by atoms with Gasteiger partial charge in [0.15, 0.2) is 11.5 Å². The van der Waals surface area contributed by atoms with Crippen molar-refractivity contribution in [3.63, 3.8) is 0 Å². The van der Waals surface area contributed by atoms with Crippen molar-refractivity contribution in [2.24, 2.45) is 0 Å². The van der Waals surface area contributed by atoms with E-state index in [9.17, 15) is 9.59 Å². The molecule has 1 atom stereocenters. The molecule has 4 rings (SSSR count). The molecule has 6 nitrogen and oxygen atoms in total. The van der Waals surface area contributed by atoms with Gasteiger partial charge in [0.1, 0.15) is 12.6 Å². The van der Waals surface area contributed by atoms with E-state index in [1.807, 2.05) is 28.0 Å². The molecule has 1 aromatic carbocycles. The van der Waals surface area contributed by atoms with Crippen molar-refractivity contribution in [2.75, 3.05) is 20.3 Å². The highest BCUT2D eigenvalue weighted by atomic mass is 16.5. The highest BCUT2D eigenvalue weighted by Crippen LogP contribution is 2.39. The summed E-state index contributed by atoms with van der Waals surface area (Å²) in [6, 6.07) is 5.50. The molecule has 2 amide bonds. The predicted molar refractivity (Wildman–Crippen MR) is 133 cm³/mol. The van der Waals surface area contributed by atoms with Crippen LogP contribution in [0.1, 0.15) is 102 Å². The van der Waals surface area contributed by atoms with Gasteiger partial charge >= 0.3 is 0 Å². The molecule has 188 valence electrons. The van der Waals surface area contributed by atoms with Crippen LogP contribution in [-0.2, 0) is 9.59 Å². The quantitative estimate of drug-likeness (QED) is 0.517. The fourth-order valence-corrected chi connectivity index (χ4v) is 6.04. The number of methoxy groups -OCH3 is 1. The highest BCUT2D eigenvalue weighted by Gasteiger charge is 2.45. The first-order chi connectivity index (χ1) is 16.6. The Morgan fingerprint density at radius 1 is 0.853 bits per heavy atom. The largest absolute Gasteiger partial charge is 0.493 e. The fourth-order valence-electron chi connectivity index (χ4n) is 6.04. The minimum atomic E-state index is -0.582. The summed E-state index contributed by atoms with van der Waals surface area (Å²) in [5.41, 5.74) is 0.835. The standard InChI is InChI=1S/C28H42N2O4/c1-3-18-34-24-17-16-21(19-25(24)33-2)27-28(32)29(22-12-10-7-11-13-22)20-26(31)30(27)23-14-8-5-4-6-9-15-23/h16-17,19,22-23,27H,3-15,18,20H2,1-2H3/t27-/m1/s1. The van der Waals surface area contributed by atoms with Crippen molar-refractivity contribution in [3.05, 3.63) is 23.8 Å². The van der Waals surface area contributed by atoms with Gasteiger partial charge in [-0.2, -0.15) is 0 Å². The summed E-state index contributed by atoms with van der Waals surface area (Å²) in [5, 5.41) is 0.